The quantitative estimate of drug-likeness (QED) is 0.810. The highest BCUT2D eigenvalue weighted by molar-refractivity contribution is 7.93. The zero-order valence-corrected chi connectivity index (χ0v) is 16.3. The highest BCUT2D eigenvalue weighted by Gasteiger charge is 2.42. The number of carbonyl (C=O) groups is 1. The molecule has 1 aliphatic rings. The van der Waals surface area contributed by atoms with Crippen LogP contribution in [0.4, 0.5) is 5.88 Å². The van der Waals surface area contributed by atoms with Crippen molar-refractivity contribution in [3.8, 4) is 0 Å². The van der Waals surface area contributed by atoms with Gasteiger partial charge in [-0.15, -0.1) is 0 Å². The average Bonchev–Trinajstić information content (AvgIpc) is 2.96. The highest BCUT2D eigenvalue weighted by Crippen LogP contribution is 2.30. The minimum atomic E-state index is -1.22. The predicted molar refractivity (Wildman–Crippen MR) is 97.5 cm³/mol. The molecular formula is C18H30N2O3S. The zero-order chi connectivity index (χ0) is 18.0. The molecular weight excluding hydrogens is 324 g/mol. The summed E-state index contributed by atoms with van der Waals surface area (Å²) in [6.45, 7) is 9.56. The van der Waals surface area contributed by atoms with Crippen molar-refractivity contribution in [2.75, 3.05) is 11.1 Å². The predicted octanol–water partition coefficient (Wildman–Crippen LogP) is 4.02. The van der Waals surface area contributed by atoms with Gasteiger partial charge in [0.05, 0.1) is 5.69 Å². The summed E-state index contributed by atoms with van der Waals surface area (Å²) in [5, 5.41) is 6.73. The molecule has 0 radical (unpaired) electrons. The summed E-state index contributed by atoms with van der Waals surface area (Å²) in [6, 6.07) is 1.73. The molecule has 0 aromatic carbocycles. The van der Waals surface area contributed by atoms with Gasteiger partial charge in [-0.2, -0.15) is 0 Å². The topological polar surface area (TPSA) is 78.2 Å². The largest absolute Gasteiger partial charge is 0.616 e. The summed E-state index contributed by atoms with van der Waals surface area (Å²) in [6.07, 6.45) is 5.94. The number of carbonyl (C=O) groups excluding carboxylic acids is 1. The maximum absolute atomic E-state index is 12.7. The van der Waals surface area contributed by atoms with E-state index >= 15 is 0 Å². The van der Waals surface area contributed by atoms with Gasteiger partial charge >= 0.3 is 0 Å². The number of hydrogen-bond acceptors (Lipinski definition) is 4. The molecule has 6 heteroatoms. The van der Waals surface area contributed by atoms with E-state index in [1.165, 1.54) is 19.3 Å². The van der Waals surface area contributed by atoms with E-state index in [4.69, 9.17) is 4.52 Å². The molecule has 136 valence electrons. The van der Waals surface area contributed by atoms with Crippen molar-refractivity contribution >= 4 is 23.0 Å². The Morgan fingerprint density at radius 2 is 1.92 bits per heavy atom. The van der Waals surface area contributed by atoms with Crippen molar-refractivity contribution in [2.24, 2.45) is 5.92 Å². The molecule has 0 bridgehead atoms. The fraction of sp³-hybridized carbons (Fsp3) is 0.778. The van der Waals surface area contributed by atoms with Gasteiger partial charge in [0.1, 0.15) is 5.75 Å². The number of anilines is 1. The lowest BCUT2D eigenvalue weighted by Gasteiger charge is -2.30. The van der Waals surface area contributed by atoms with Crippen molar-refractivity contribution in [2.45, 2.75) is 76.9 Å². The smallest absolute Gasteiger partial charge is 0.282 e. The third kappa shape index (κ3) is 4.76. The lowest BCUT2D eigenvalue weighted by atomic mass is 9.91. The van der Waals surface area contributed by atoms with E-state index in [1.807, 2.05) is 20.8 Å². The normalized spacial score (nSPS) is 18.4. The lowest BCUT2D eigenvalue weighted by Crippen LogP contribution is -2.46. The summed E-state index contributed by atoms with van der Waals surface area (Å²) in [7, 11) is 0. The molecule has 1 N–H and O–H groups in total. The van der Waals surface area contributed by atoms with Crippen LogP contribution in [0.2, 0.25) is 0 Å². The van der Waals surface area contributed by atoms with Crippen LogP contribution in [0.25, 0.3) is 0 Å². The number of hydrogen-bond donors (Lipinski definition) is 1. The van der Waals surface area contributed by atoms with Crippen molar-refractivity contribution in [1.82, 2.24) is 5.16 Å². The minimum Gasteiger partial charge on any atom is -0.616 e. The SMILES string of the molecule is CC(C)(C)c1cc(NC(=O)C(C)(C)[S+]([O-])CC2CCCCC2)on1. The van der Waals surface area contributed by atoms with Crippen LogP contribution in [0, 0.1) is 5.92 Å². The number of nitrogens with one attached hydrogen (secondary N) is 1. The Morgan fingerprint density at radius 1 is 1.29 bits per heavy atom. The van der Waals surface area contributed by atoms with Gasteiger partial charge in [-0.1, -0.05) is 45.2 Å². The zero-order valence-electron chi connectivity index (χ0n) is 15.5. The first-order valence-electron chi connectivity index (χ1n) is 8.78. The molecule has 1 atom stereocenters. The fourth-order valence-corrected chi connectivity index (χ4v) is 4.27. The molecule has 1 aliphatic carbocycles. The molecule has 1 amide bonds. The van der Waals surface area contributed by atoms with E-state index in [0.717, 1.165) is 18.5 Å². The first kappa shape index (κ1) is 19.3. The summed E-state index contributed by atoms with van der Waals surface area (Å²) in [4.78, 5) is 12.6. The van der Waals surface area contributed by atoms with Gasteiger partial charge < -0.3 is 9.08 Å². The van der Waals surface area contributed by atoms with Crippen molar-refractivity contribution in [3.63, 3.8) is 0 Å². The summed E-state index contributed by atoms with van der Waals surface area (Å²) in [5.41, 5.74) is 0.630. The van der Waals surface area contributed by atoms with E-state index in [1.54, 1.807) is 19.9 Å². The molecule has 5 nitrogen and oxygen atoms in total. The highest BCUT2D eigenvalue weighted by atomic mass is 32.2. The van der Waals surface area contributed by atoms with Gasteiger partial charge in [0.15, 0.2) is 4.75 Å². The van der Waals surface area contributed by atoms with Gasteiger partial charge in [-0.05, 0) is 37.9 Å². The van der Waals surface area contributed by atoms with Gasteiger partial charge in [-0.3, -0.25) is 10.1 Å². The second-order valence-electron chi connectivity index (χ2n) is 8.31. The van der Waals surface area contributed by atoms with E-state index < -0.39 is 15.9 Å². The van der Waals surface area contributed by atoms with Crippen LogP contribution in [-0.4, -0.2) is 26.1 Å². The van der Waals surface area contributed by atoms with E-state index in [2.05, 4.69) is 10.5 Å². The van der Waals surface area contributed by atoms with Crippen LogP contribution in [0.3, 0.4) is 0 Å². The molecule has 1 fully saturated rings. The molecule has 1 aromatic rings. The fourth-order valence-electron chi connectivity index (χ4n) is 2.83. The van der Waals surface area contributed by atoms with Crippen LogP contribution in [0.1, 0.15) is 72.4 Å². The maximum atomic E-state index is 12.7. The van der Waals surface area contributed by atoms with Crippen LogP contribution in [0.5, 0.6) is 0 Å². The number of aromatic nitrogens is 1. The Bertz CT molecular complexity index is 557. The Labute approximate surface area is 148 Å². The van der Waals surface area contributed by atoms with Gasteiger partial charge in [0.25, 0.3) is 5.91 Å². The standard InChI is InChI=1S/C18H30N2O3S/c1-17(2,3)14-11-15(23-20-14)19-16(21)18(4,5)24(22)12-13-9-7-6-8-10-13/h11,13H,6-10,12H2,1-5H3,(H,19,21). The summed E-state index contributed by atoms with van der Waals surface area (Å²) in [5.74, 6) is 1.11. The lowest BCUT2D eigenvalue weighted by molar-refractivity contribution is -0.118. The number of rotatable bonds is 5. The monoisotopic (exact) mass is 354 g/mol. The van der Waals surface area contributed by atoms with Crippen LogP contribution < -0.4 is 5.32 Å². The molecule has 24 heavy (non-hydrogen) atoms. The Kier molecular flexibility index (Phi) is 6.02. The molecule has 0 aliphatic heterocycles. The van der Waals surface area contributed by atoms with Gasteiger partial charge in [-0.25, -0.2) is 0 Å². The Hall–Kier alpha value is -1.01. The Balaban J connectivity index is 1.97. The number of amides is 1. The van der Waals surface area contributed by atoms with E-state index in [-0.39, 0.29) is 11.3 Å². The second kappa shape index (κ2) is 7.48. The summed E-state index contributed by atoms with van der Waals surface area (Å²) < 4.78 is 17.0. The van der Waals surface area contributed by atoms with Gasteiger partial charge in [0, 0.05) is 17.4 Å². The molecule has 1 saturated carbocycles. The first-order valence-corrected chi connectivity index (χ1v) is 10.1. The van der Waals surface area contributed by atoms with Crippen LogP contribution >= 0.6 is 0 Å². The molecule has 1 aromatic heterocycles. The molecule has 2 rings (SSSR count). The molecule has 1 unspecified atom stereocenters. The minimum absolute atomic E-state index is 0.147. The van der Waals surface area contributed by atoms with Gasteiger partial charge in [0.2, 0.25) is 5.88 Å². The van der Waals surface area contributed by atoms with Crippen LogP contribution in [0.15, 0.2) is 10.6 Å². The number of nitrogens with zero attached hydrogens (tertiary/aromatic N) is 1. The van der Waals surface area contributed by atoms with Crippen molar-refractivity contribution in [1.29, 1.82) is 0 Å². The van der Waals surface area contributed by atoms with Crippen molar-refractivity contribution in [3.05, 3.63) is 11.8 Å². The summed E-state index contributed by atoms with van der Waals surface area (Å²) >= 11 is -1.22. The third-order valence-electron chi connectivity index (χ3n) is 4.74. The molecule has 0 saturated heterocycles. The molecule has 1 heterocycles. The van der Waals surface area contributed by atoms with E-state index in [9.17, 15) is 9.35 Å². The Morgan fingerprint density at radius 3 is 2.46 bits per heavy atom. The van der Waals surface area contributed by atoms with Crippen molar-refractivity contribution < 1.29 is 13.9 Å². The second-order valence-corrected chi connectivity index (χ2v) is 10.4. The average molecular weight is 355 g/mol. The maximum Gasteiger partial charge on any atom is 0.282 e. The first-order chi connectivity index (χ1) is 11.1. The van der Waals surface area contributed by atoms with Crippen LogP contribution in [-0.2, 0) is 21.4 Å². The third-order valence-corrected chi connectivity index (χ3v) is 6.84. The molecule has 0 spiro atoms. The van der Waals surface area contributed by atoms with E-state index in [0.29, 0.717) is 17.6 Å².